The van der Waals surface area contributed by atoms with Crippen molar-refractivity contribution in [2.75, 3.05) is 26.8 Å². The van der Waals surface area contributed by atoms with E-state index in [4.69, 9.17) is 4.74 Å². The van der Waals surface area contributed by atoms with Gasteiger partial charge in [-0.15, -0.1) is 0 Å². The van der Waals surface area contributed by atoms with E-state index in [1.54, 1.807) is 13.3 Å². The van der Waals surface area contributed by atoms with Crippen molar-refractivity contribution in [2.45, 2.75) is 19.4 Å². The summed E-state index contributed by atoms with van der Waals surface area (Å²) in [7, 11) is 1.56. The Balaban J connectivity index is 1.76. The molecular weight excluding hydrogens is 218 g/mol. The highest BCUT2D eigenvalue weighted by atomic mass is 16.5. The van der Waals surface area contributed by atoms with Gasteiger partial charge in [0.2, 0.25) is 5.91 Å². The second-order valence-electron chi connectivity index (χ2n) is 4.49. The van der Waals surface area contributed by atoms with Crippen molar-refractivity contribution in [1.29, 1.82) is 0 Å². The van der Waals surface area contributed by atoms with Gasteiger partial charge in [-0.3, -0.25) is 9.48 Å². The zero-order chi connectivity index (χ0) is 12.1. The van der Waals surface area contributed by atoms with Gasteiger partial charge in [-0.1, -0.05) is 0 Å². The lowest BCUT2D eigenvalue weighted by Crippen LogP contribution is -2.41. The predicted molar refractivity (Wildman–Crippen MR) is 63.4 cm³/mol. The van der Waals surface area contributed by atoms with E-state index < -0.39 is 0 Å². The Labute approximate surface area is 101 Å². The standard InChI is InChI=1S/C12H19N3O2/c1-17-10-12(16)14-7-3-11(4-8-14)9-15-6-2-5-13-15/h2,5-6,11H,3-4,7-10H2,1H3. The van der Waals surface area contributed by atoms with Gasteiger partial charge in [0.15, 0.2) is 0 Å². The van der Waals surface area contributed by atoms with Crippen molar-refractivity contribution < 1.29 is 9.53 Å². The molecule has 5 heteroatoms. The summed E-state index contributed by atoms with van der Waals surface area (Å²) >= 11 is 0. The van der Waals surface area contributed by atoms with Crippen LogP contribution in [0.5, 0.6) is 0 Å². The number of likely N-dealkylation sites (tertiary alicyclic amines) is 1. The lowest BCUT2D eigenvalue weighted by molar-refractivity contribution is -0.136. The predicted octanol–water partition coefficient (Wildman–Crippen LogP) is 0.768. The van der Waals surface area contributed by atoms with E-state index in [1.165, 1.54) is 0 Å². The number of rotatable bonds is 4. The molecule has 1 aliphatic rings. The van der Waals surface area contributed by atoms with E-state index in [1.807, 2.05) is 21.8 Å². The number of amides is 1. The molecule has 2 rings (SSSR count). The fourth-order valence-electron chi connectivity index (χ4n) is 2.25. The summed E-state index contributed by atoms with van der Waals surface area (Å²) in [4.78, 5) is 13.5. The summed E-state index contributed by atoms with van der Waals surface area (Å²) in [5, 5.41) is 4.21. The third-order valence-corrected chi connectivity index (χ3v) is 3.24. The van der Waals surface area contributed by atoms with Gasteiger partial charge in [-0.25, -0.2) is 0 Å². The SMILES string of the molecule is COCC(=O)N1CCC(Cn2cccn2)CC1. The number of carbonyl (C=O) groups excluding carboxylic acids is 1. The molecule has 0 atom stereocenters. The summed E-state index contributed by atoms with van der Waals surface area (Å²) < 4.78 is 6.83. The smallest absolute Gasteiger partial charge is 0.248 e. The van der Waals surface area contributed by atoms with Crippen LogP contribution in [0.1, 0.15) is 12.8 Å². The highest BCUT2D eigenvalue weighted by molar-refractivity contribution is 5.77. The Morgan fingerprint density at radius 3 is 2.82 bits per heavy atom. The van der Waals surface area contributed by atoms with Gasteiger partial charge in [0.25, 0.3) is 0 Å². The van der Waals surface area contributed by atoms with Crippen LogP contribution in [0.25, 0.3) is 0 Å². The normalized spacial score (nSPS) is 17.4. The monoisotopic (exact) mass is 237 g/mol. The minimum Gasteiger partial charge on any atom is -0.375 e. The van der Waals surface area contributed by atoms with Crippen LogP contribution < -0.4 is 0 Å². The first-order chi connectivity index (χ1) is 8.29. The fourth-order valence-corrected chi connectivity index (χ4v) is 2.25. The number of hydrogen-bond acceptors (Lipinski definition) is 3. The zero-order valence-corrected chi connectivity index (χ0v) is 10.2. The van der Waals surface area contributed by atoms with Gasteiger partial charge in [-0.2, -0.15) is 5.10 Å². The third kappa shape index (κ3) is 3.30. The molecule has 1 aromatic heterocycles. The van der Waals surface area contributed by atoms with E-state index in [0.29, 0.717) is 5.92 Å². The minimum absolute atomic E-state index is 0.102. The van der Waals surface area contributed by atoms with Crippen molar-refractivity contribution >= 4 is 5.91 Å². The van der Waals surface area contributed by atoms with E-state index in [0.717, 1.165) is 32.5 Å². The molecule has 5 nitrogen and oxygen atoms in total. The highest BCUT2D eigenvalue weighted by Crippen LogP contribution is 2.18. The number of aromatic nitrogens is 2. The molecule has 1 amide bonds. The van der Waals surface area contributed by atoms with Crippen LogP contribution in [0.2, 0.25) is 0 Å². The number of carbonyl (C=O) groups is 1. The first-order valence-electron chi connectivity index (χ1n) is 6.03. The molecule has 0 unspecified atom stereocenters. The molecule has 0 aromatic carbocycles. The Morgan fingerprint density at radius 2 is 2.24 bits per heavy atom. The first-order valence-corrected chi connectivity index (χ1v) is 6.03. The molecule has 0 bridgehead atoms. The number of piperidine rings is 1. The summed E-state index contributed by atoms with van der Waals surface area (Å²) in [5.41, 5.74) is 0. The van der Waals surface area contributed by atoms with E-state index in [9.17, 15) is 4.79 Å². The van der Waals surface area contributed by atoms with Crippen molar-refractivity contribution in [2.24, 2.45) is 5.92 Å². The van der Waals surface area contributed by atoms with Crippen LogP contribution in [-0.4, -0.2) is 47.4 Å². The minimum atomic E-state index is 0.102. The van der Waals surface area contributed by atoms with Crippen molar-refractivity contribution in [1.82, 2.24) is 14.7 Å². The summed E-state index contributed by atoms with van der Waals surface area (Å²) in [6.45, 7) is 2.84. The molecule has 0 spiro atoms. The van der Waals surface area contributed by atoms with Gasteiger partial charge >= 0.3 is 0 Å². The summed E-state index contributed by atoms with van der Waals surface area (Å²) in [6, 6.07) is 1.94. The van der Waals surface area contributed by atoms with Crippen molar-refractivity contribution in [3.05, 3.63) is 18.5 Å². The topological polar surface area (TPSA) is 47.4 Å². The zero-order valence-electron chi connectivity index (χ0n) is 10.2. The average Bonchev–Trinajstić information content (AvgIpc) is 2.83. The molecule has 1 saturated heterocycles. The third-order valence-electron chi connectivity index (χ3n) is 3.24. The lowest BCUT2D eigenvalue weighted by atomic mass is 9.97. The summed E-state index contributed by atoms with van der Waals surface area (Å²) in [6.07, 6.45) is 5.89. The Kier molecular flexibility index (Phi) is 4.14. The summed E-state index contributed by atoms with van der Waals surface area (Å²) in [5.74, 6) is 0.728. The van der Waals surface area contributed by atoms with Crippen molar-refractivity contribution in [3.8, 4) is 0 Å². The van der Waals surface area contributed by atoms with Crippen LogP contribution in [0, 0.1) is 5.92 Å². The average molecular weight is 237 g/mol. The Bertz CT molecular complexity index is 343. The second kappa shape index (κ2) is 5.82. The number of ether oxygens (including phenoxy) is 1. The maximum atomic E-state index is 11.6. The lowest BCUT2D eigenvalue weighted by Gasteiger charge is -2.31. The first kappa shape index (κ1) is 12.1. The molecule has 94 valence electrons. The van der Waals surface area contributed by atoms with Crippen LogP contribution in [-0.2, 0) is 16.1 Å². The van der Waals surface area contributed by atoms with Crippen LogP contribution in [0.4, 0.5) is 0 Å². The quantitative estimate of drug-likeness (QED) is 0.777. The molecule has 0 saturated carbocycles. The van der Waals surface area contributed by atoms with Gasteiger partial charge < -0.3 is 9.64 Å². The maximum Gasteiger partial charge on any atom is 0.248 e. The second-order valence-corrected chi connectivity index (χ2v) is 4.49. The Hall–Kier alpha value is -1.36. The number of hydrogen-bond donors (Lipinski definition) is 0. The van der Waals surface area contributed by atoms with Crippen LogP contribution in [0.15, 0.2) is 18.5 Å². The fraction of sp³-hybridized carbons (Fsp3) is 0.667. The van der Waals surface area contributed by atoms with Crippen molar-refractivity contribution in [3.63, 3.8) is 0 Å². The number of methoxy groups -OCH3 is 1. The largest absolute Gasteiger partial charge is 0.375 e. The molecule has 1 aliphatic heterocycles. The number of nitrogens with zero attached hydrogens (tertiary/aromatic N) is 3. The molecule has 2 heterocycles. The highest BCUT2D eigenvalue weighted by Gasteiger charge is 2.22. The Morgan fingerprint density at radius 1 is 1.47 bits per heavy atom. The van der Waals surface area contributed by atoms with E-state index >= 15 is 0 Å². The molecular formula is C12H19N3O2. The molecule has 0 N–H and O–H groups in total. The van der Waals surface area contributed by atoms with Gasteiger partial charge in [0, 0.05) is 39.1 Å². The van der Waals surface area contributed by atoms with Gasteiger partial charge in [-0.05, 0) is 24.8 Å². The maximum absolute atomic E-state index is 11.6. The molecule has 1 fully saturated rings. The molecule has 0 aliphatic carbocycles. The van der Waals surface area contributed by atoms with Crippen LogP contribution >= 0.6 is 0 Å². The molecule has 17 heavy (non-hydrogen) atoms. The van der Waals surface area contributed by atoms with Gasteiger partial charge in [0.05, 0.1) is 0 Å². The van der Waals surface area contributed by atoms with E-state index in [-0.39, 0.29) is 12.5 Å². The van der Waals surface area contributed by atoms with E-state index in [2.05, 4.69) is 5.10 Å². The molecule has 1 aromatic rings. The van der Waals surface area contributed by atoms with Gasteiger partial charge in [0.1, 0.15) is 6.61 Å². The molecule has 0 radical (unpaired) electrons. The van der Waals surface area contributed by atoms with Crippen LogP contribution in [0.3, 0.4) is 0 Å².